The Morgan fingerprint density at radius 2 is 2.10 bits per heavy atom. The van der Waals surface area contributed by atoms with Gasteiger partial charge in [0.15, 0.2) is 11.5 Å². The molecule has 2 rings (SSSR count). The Labute approximate surface area is 121 Å². The Morgan fingerprint density at radius 3 is 2.67 bits per heavy atom. The third-order valence-electron chi connectivity index (χ3n) is 2.92. The van der Waals surface area contributed by atoms with Crippen molar-refractivity contribution in [1.29, 1.82) is 0 Å². The van der Waals surface area contributed by atoms with Crippen molar-refractivity contribution in [2.45, 2.75) is 26.3 Å². The van der Waals surface area contributed by atoms with Crippen molar-refractivity contribution in [2.75, 3.05) is 5.32 Å². The van der Waals surface area contributed by atoms with E-state index in [4.69, 9.17) is 5.11 Å². The third kappa shape index (κ3) is 3.47. The molecule has 2 aromatic heterocycles. The van der Waals surface area contributed by atoms with E-state index in [2.05, 4.69) is 15.5 Å². The lowest BCUT2D eigenvalue weighted by molar-refractivity contribution is -0.137. The number of aromatic nitrogens is 4. The largest absolute Gasteiger partial charge is 0.480 e. The maximum Gasteiger partial charge on any atom is 0.325 e. The van der Waals surface area contributed by atoms with Crippen LogP contribution in [0.2, 0.25) is 0 Å². The number of carbonyl (C=O) groups is 2. The van der Waals surface area contributed by atoms with Crippen LogP contribution in [0, 0.1) is 0 Å². The zero-order valence-corrected chi connectivity index (χ0v) is 12.1. The van der Waals surface area contributed by atoms with E-state index in [9.17, 15) is 9.59 Å². The van der Waals surface area contributed by atoms with Crippen molar-refractivity contribution in [1.82, 2.24) is 19.6 Å². The van der Waals surface area contributed by atoms with Crippen LogP contribution in [-0.4, -0.2) is 36.5 Å². The number of hydrogen-bond acceptors (Lipinski definition) is 4. The molecule has 112 valence electrons. The van der Waals surface area contributed by atoms with Gasteiger partial charge in [0.05, 0.1) is 0 Å². The number of carboxylic acids is 1. The summed E-state index contributed by atoms with van der Waals surface area (Å²) in [7, 11) is 1.79. The SMILES string of the molecule is CC(C)c1cc(C(=O)Nc2ccn(CC(=O)O)n2)nn1C. The number of aliphatic carboxylic acids is 1. The van der Waals surface area contributed by atoms with Gasteiger partial charge in [0.1, 0.15) is 6.54 Å². The van der Waals surface area contributed by atoms with Crippen LogP contribution < -0.4 is 5.32 Å². The molecule has 0 spiro atoms. The maximum absolute atomic E-state index is 12.1. The van der Waals surface area contributed by atoms with E-state index in [1.807, 2.05) is 13.8 Å². The highest BCUT2D eigenvalue weighted by Crippen LogP contribution is 2.15. The van der Waals surface area contributed by atoms with Gasteiger partial charge >= 0.3 is 5.97 Å². The molecule has 0 aliphatic heterocycles. The molecule has 0 aliphatic carbocycles. The summed E-state index contributed by atoms with van der Waals surface area (Å²) in [5.41, 5.74) is 1.26. The molecule has 0 bridgehead atoms. The molecule has 2 N–H and O–H groups in total. The van der Waals surface area contributed by atoms with Crippen LogP contribution in [0.4, 0.5) is 5.82 Å². The molecule has 0 radical (unpaired) electrons. The highest BCUT2D eigenvalue weighted by molar-refractivity contribution is 6.02. The fourth-order valence-corrected chi connectivity index (χ4v) is 1.97. The first-order valence-electron chi connectivity index (χ1n) is 6.47. The molecule has 0 aromatic carbocycles. The van der Waals surface area contributed by atoms with Crippen molar-refractivity contribution in [2.24, 2.45) is 7.05 Å². The molecule has 21 heavy (non-hydrogen) atoms. The molecule has 0 atom stereocenters. The number of amides is 1. The lowest BCUT2D eigenvalue weighted by Crippen LogP contribution is -2.14. The molecular formula is C13H17N5O3. The van der Waals surface area contributed by atoms with Gasteiger partial charge in [0.2, 0.25) is 0 Å². The van der Waals surface area contributed by atoms with Gasteiger partial charge < -0.3 is 10.4 Å². The van der Waals surface area contributed by atoms with Crippen molar-refractivity contribution >= 4 is 17.7 Å². The van der Waals surface area contributed by atoms with E-state index in [-0.39, 0.29) is 24.2 Å². The van der Waals surface area contributed by atoms with E-state index >= 15 is 0 Å². The Bertz CT molecular complexity index is 671. The molecule has 2 heterocycles. The number of carbonyl (C=O) groups excluding carboxylic acids is 1. The van der Waals surface area contributed by atoms with E-state index in [0.717, 1.165) is 5.69 Å². The van der Waals surface area contributed by atoms with Gasteiger partial charge in [-0.15, -0.1) is 0 Å². The molecule has 0 saturated carbocycles. The molecule has 0 fully saturated rings. The standard InChI is InChI=1S/C13H17N5O3/c1-8(2)10-6-9(15-17(10)3)13(21)14-11-4-5-18(16-11)7-12(19)20/h4-6,8H,7H2,1-3H3,(H,19,20)(H,14,16,21). The normalized spacial score (nSPS) is 10.9. The van der Waals surface area contributed by atoms with Gasteiger partial charge in [-0.05, 0) is 12.0 Å². The van der Waals surface area contributed by atoms with Crippen molar-refractivity contribution < 1.29 is 14.7 Å². The van der Waals surface area contributed by atoms with Crippen LogP contribution in [-0.2, 0) is 18.4 Å². The predicted octanol–water partition coefficient (Wildman–Crippen LogP) is 1.08. The lowest BCUT2D eigenvalue weighted by Gasteiger charge is -2.02. The number of anilines is 1. The minimum atomic E-state index is -0.998. The molecular weight excluding hydrogens is 274 g/mol. The first-order chi connectivity index (χ1) is 9.86. The van der Waals surface area contributed by atoms with Gasteiger partial charge in [0, 0.05) is 25.0 Å². The summed E-state index contributed by atoms with van der Waals surface area (Å²) in [5, 5.41) is 19.4. The molecule has 0 unspecified atom stereocenters. The van der Waals surface area contributed by atoms with Crippen LogP contribution in [0.5, 0.6) is 0 Å². The Kier molecular flexibility index (Phi) is 4.06. The van der Waals surface area contributed by atoms with Gasteiger partial charge in [-0.3, -0.25) is 19.0 Å². The van der Waals surface area contributed by atoms with Gasteiger partial charge in [-0.25, -0.2) is 0 Å². The summed E-state index contributed by atoms with van der Waals surface area (Å²) in [4.78, 5) is 22.6. The second kappa shape index (κ2) is 5.78. The fourth-order valence-electron chi connectivity index (χ4n) is 1.97. The average Bonchev–Trinajstić information content (AvgIpc) is 2.95. The number of nitrogens with one attached hydrogen (secondary N) is 1. The second-order valence-electron chi connectivity index (χ2n) is 4.98. The first-order valence-corrected chi connectivity index (χ1v) is 6.47. The summed E-state index contributed by atoms with van der Waals surface area (Å²) >= 11 is 0. The summed E-state index contributed by atoms with van der Waals surface area (Å²) in [5.74, 6) is -0.822. The van der Waals surface area contributed by atoms with E-state index in [1.54, 1.807) is 17.8 Å². The Morgan fingerprint density at radius 1 is 1.38 bits per heavy atom. The number of carboxylic acid groups (broad SMARTS) is 1. The summed E-state index contributed by atoms with van der Waals surface area (Å²) < 4.78 is 2.90. The first kappa shape index (κ1) is 14.8. The molecule has 1 amide bonds. The summed E-state index contributed by atoms with van der Waals surface area (Å²) in [6.07, 6.45) is 1.49. The molecule has 2 aromatic rings. The van der Waals surface area contributed by atoms with Crippen LogP contribution in [0.15, 0.2) is 18.3 Å². The Hall–Kier alpha value is -2.64. The van der Waals surface area contributed by atoms with Gasteiger partial charge in [-0.2, -0.15) is 10.2 Å². The topological polar surface area (TPSA) is 102 Å². The summed E-state index contributed by atoms with van der Waals surface area (Å²) in [6, 6.07) is 3.27. The van der Waals surface area contributed by atoms with Crippen molar-refractivity contribution in [3.05, 3.63) is 29.7 Å². The minimum Gasteiger partial charge on any atom is -0.480 e. The number of aryl methyl sites for hydroxylation is 1. The van der Waals surface area contributed by atoms with E-state index in [0.29, 0.717) is 5.69 Å². The number of hydrogen-bond donors (Lipinski definition) is 2. The van der Waals surface area contributed by atoms with Gasteiger partial charge in [0.25, 0.3) is 5.91 Å². The van der Waals surface area contributed by atoms with E-state index in [1.165, 1.54) is 16.9 Å². The zero-order valence-electron chi connectivity index (χ0n) is 12.1. The van der Waals surface area contributed by atoms with Crippen molar-refractivity contribution in [3.63, 3.8) is 0 Å². The van der Waals surface area contributed by atoms with Crippen LogP contribution >= 0.6 is 0 Å². The lowest BCUT2D eigenvalue weighted by atomic mass is 10.1. The van der Waals surface area contributed by atoms with E-state index < -0.39 is 5.97 Å². The van der Waals surface area contributed by atoms with Crippen LogP contribution in [0.1, 0.15) is 35.9 Å². The molecule has 8 nitrogen and oxygen atoms in total. The van der Waals surface area contributed by atoms with Gasteiger partial charge in [-0.1, -0.05) is 13.8 Å². The minimum absolute atomic E-state index is 0.253. The predicted molar refractivity (Wildman–Crippen MR) is 75.1 cm³/mol. The Balaban J connectivity index is 2.09. The number of rotatable bonds is 5. The average molecular weight is 291 g/mol. The number of nitrogens with zero attached hydrogens (tertiary/aromatic N) is 4. The smallest absolute Gasteiger partial charge is 0.325 e. The monoisotopic (exact) mass is 291 g/mol. The highest BCUT2D eigenvalue weighted by atomic mass is 16.4. The van der Waals surface area contributed by atoms with Crippen LogP contribution in [0.25, 0.3) is 0 Å². The quantitative estimate of drug-likeness (QED) is 0.858. The van der Waals surface area contributed by atoms with Crippen LogP contribution in [0.3, 0.4) is 0 Å². The summed E-state index contributed by atoms with van der Waals surface area (Å²) in [6.45, 7) is 3.79. The highest BCUT2D eigenvalue weighted by Gasteiger charge is 2.15. The third-order valence-corrected chi connectivity index (χ3v) is 2.92. The zero-order chi connectivity index (χ0) is 15.6. The van der Waals surface area contributed by atoms with Crippen molar-refractivity contribution in [3.8, 4) is 0 Å². The molecule has 8 heteroatoms. The molecule has 0 saturated heterocycles. The maximum atomic E-state index is 12.1. The fraction of sp³-hybridized carbons (Fsp3) is 0.385. The second-order valence-corrected chi connectivity index (χ2v) is 4.98. The molecule has 0 aliphatic rings.